The largest absolute Gasteiger partial charge is 0.467 e. The molecule has 0 bridgehead atoms. The third-order valence-electron chi connectivity index (χ3n) is 2.61. The van der Waals surface area contributed by atoms with E-state index in [1.165, 1.54) is 12.0 Å². The quantitative estimate of drug-likeness (QED) is 0.662. The number of methoxy groups -OCH3 is 1. The van der Waals surface area contributed by atoms with Crippen LogP contribution in [0.1, 0.15) is 33.6 Å². The molecule has 6 nitrogen and oxygen atoms in total. The van der Waals surface area contributed by atoms with Crippen LogP contribution in [-0.2, 0) is 14.3 Å². The number of carbonyl (C=O) groups is 2. The van der Waals surface area contributed by atoms with Gasteiger partial charge in [0.15, 0.2) is 0 Å². The Bertz CT molecular complexity index is 381. The van der Waals surface area contributed by atoms with Gasteiger partial charge in [0, 0.05) is 0 Å². The summed E-state index contributed by atoms with van der Waals surface area (Å²) in [5.41, 5.74) is -0.666. The minimum absolute atomic E-state index is 0.421. The summed E-state index contributed by atoms with van der Waals surface area (Å²) in [5.74, 6) is -0.515. The van der Waals surface area contributed by atoms with E-state index in [4.69, 9.17) is 10.00 Å². The average Bonchev–Trinajstić information content (AvgIpc) is 2.69. The van der Waals surface area contributed by atoms with Crippen molar-refractivity contribution in [3.8, 4) is 6.07 Å². The van der Waals surface area contributed by atoms with Crippen LogP contribution in [0.25, 0.3) is 0 Å². The summed E-state index contributed by atoms with van der Waals surface area (Å²) in [6.45, 7) is 5.19. The Morgan fingerprint density at radius 3 is 2.39 bits per heavy atom. The number of nitriles is 1. The highest BCUT2D eigenvalue weighted by molar-refractivity contribution is 5.82. The van der Waals surface area contributed by atoms with Gasteiger partial charge in [0.2, 0.25) is 0 Å². The molecule has 0 saturated carbocycles. The van der Waals surface area contributed by atoms with Gasteiger partial charge in [0.25, 0.3) is 0 Å². The fraction of sp³-hybridized carbons (Fsp3) is 0.750. The van der Waals surface area contributed by atoms with Crippen LogP contribution in [0.4, 0.5) is 4.79 Å². The molecule has 18 heavy (non-hydrogen) atoms. The van der Waals surface area contributed by atoms with Gasteiger partial charge in [-0.15, -0.1) is 0 Å². The lowest BCUT2D eigenvalue weighted by atomic mass is 10.2. The Labute approximate surface area is 106 Å². The number of nitrogens with zero attached hydrogens (tertiary/aromatic N) is 2. The normalized spacial score (nSPS) is 23.4. The topological polar surface area (TPSA) is 79.6 Å². The van der Waals surface area contributed by atoms with Crippen LogP contribution >= 0.6 is 0 Å². The van der Waals surface area contributed by atoms with Gasteiger partial charge < -0.3 is 9.47 Å². The fourth-order valence-electron chi connectivity index (χ4n) is 1.87. The monoisotopic (exact) mass is 254 g/mol. The highest BCUT2D eigenvalue weighted by atomic mass is 16.6. The van der Waals surface area contributed by atoms with Gasteiger partial charge in [-0.3, -0.25) is 4.90 Å². The molecule has 1 unspecified atom stereocenters. The Kier molecular flexibility index (Phi) is 4.17. The second-order valence-corrected chi connectivity index (χ2v) is 5.15. The minimum atomic E-state index is -0.727. The molecule has 1 heterocycles. The van der Waals surface area contributed by atoms with E-state index in [1.54, 1.807) is 20.8 Å². The summed E-state index contributed by atoms with van der Waals surface area (Å²) in [4.78, 5) is 24.8. The standard InChI is InChI=1S/C12H18N2O4/c1-12(2,3)18-11(16)14-8(7-13)5-6-9(14)10(15)17-4/h8-9H,5-6H2,1-4H3/t8?,9-/m1/s1. The van der Waals surface area contributed by atoms with Crippen LogP contribution in [0.2, 0.25) is 0 Å². The Hall–Kier alpha value is -1.77. The molecular weight excluding hydrogens is 236 g/mol. The van der Waals surface area contributed by atoms with Crippen LogP contribution in [0.15, 0.2) is 0 Å². The molecule has 0 radical (unpaired) electrons. The molecule has 2 atom stereocenters. The Balaban J connectivity index is 2.88. The molecule has 0 spiro atoms. The van der Waals surface area contributed by atoms with E-state index in [0.29, 0.717) is 12.8 Å². The Morgan fingerprint density at radius 1 is 1.33 bits per heavy atom. The first kappa shape index (κ1) is 14.3. The molecule has 1 amide bonds. The van der Waals surface area contributed by atoms with Crippen molar-refractivity contribution < 1.29 is 19.1 Å². The van der Waals surface area contributed by atoms with Crippen LogP contribution < -0.4 is 0 Å². The third kappa shape index (κ3) is 3.13. The van der Waals surface area contributed by atoms with Gasteiger partial charge in [0.05, 0.1) is 13.2 Å². The lowest BCUT2D eigenvalue weighted by molar-refractivity contribution is -0.145. The smallest absolute Gasteiger partial charge is 0.412 e. The predicted octanol–water partition coefficient (Wildman–Crippen LogP) is 1.45. The van der Waals surface area contributed by atoms with Crippen LogP contribution in [0.3, 0.4) is 0 Å². The van der Waals surface area contributed by atoms with Crippen molar-refractivity contribution in [1.29, 1.82) is 5.26 Å². The van der Waals surface area contributed by atoms with E-state index in [2.05, 4.69) is 4.74 Å². The van der Waals surface area contributed by atoms with E-state index < -0.39 is 29.7 Å². The molecule has 100 valence electrons. The fourth-order valence-corrected chi connectivity index (χ4v) is 1.87. The van der Waals surface area contributed by atoms with Crippen molar-refractivity contribution in [2.45, 2.75) is 51.3 Å². The van der Waals surface area contributed by atoms with Crippen molar-refractivity contribution in [3.05, 3.63) is 0 Å². The molecule has 1 aliphatic heterocycles. The van der Waals surface area contributed by atoms with Crippen molar-refractivity contribution in [1.82, 2.24) is 4.90 Å². The maximum atomic E-state index is 12.0. The van der Waals surface area contributed by atoms with E-state index in [9.17, 15) is 9.59 Å². The molecule has 1 fully saturated rings. The maximum Gasteiger partial charge on any atom is 0.412 e. The molecule has 1 rings (SSSR count). The van der Waals surface area contributed by atoms with E-state index in [1.807, 2.05) is 6.07 Å². The zero-order chi connectivity index (χ0) is 13.9. The van der Waals surface area contributed by atoms with Gasteiger partial charge >= 0.3 is 12.1 Å². The molecule has 1 saturated heterocycles. The molecule has 0 aliphatic carbocycles. The first-order valence-electron chi connectivity index (χ1n) is 5.79. The highest BCUT2D eigenvalue weighted by Gasteiger charge is 2.43. The van der Waals surface area contributed by atoms with Crippen molar-refractivity contribution in [2.75, 3.05) is 7.11 Å². The van der Waals surface area contributed by atoms with Crippen molar-refractivity contribution >= 4 is 12.1 Å². The molecule has 1 aliphatic rings. The zero-order valence-electron chi connectivity index (χ0n) is 11.1. The number of esters is 1. The van der Waals surface area contributed by atoms with E-state index in [0.717, 1.165) is 0 Å². The zero-order valence-corrected chi connectivity index (χ0v) is 11.1. The Morgan fingerprint density at radius 2 is 1.94 bits per heavy atom. The summed E-state index contributed by atoms with van der Waals surface area (Å²) in [6, 6.07) is 0.644. The minimum Gasteiger partial charge on any atom is -0.467 e. The summed E-state index contributed by atoms with van der Waals surface area (Å²) < 4.78 is 9.85. The number of amides is 1. The molecule has 0 N–H and O–H groups in total. The van der Waals surface area contributed by atoms with Gasteiger partial charge in [-0.25, -0.2) is 9.59 Å². The second-order valence-electron chi connectivity index (χ2n) is 5.15. The summed E-state index contributed by atoms with van der Waals surface area (Å²) in [5, 5.41) is 9.00. The van der Waals surface area contributed by atoms with Crippen LogP contribution in [0.5, 0.6) is 0 Å². The average molecular weight is 254 g/mol. The predicted molar refractivity (Wildman–Crippen MR) is 62.5 cm³/mol. The second kappa shape index (κ2) is 5.25. The number of carbonyl (C=O) groups excluding carboxylic acids is 2. The molecular formula is C12H18N2O4. The number of rotatable bonds is 1. The molecule has 0 aromatic carbocycles. The summed E-state index contributed by atoms with van der Waals surface area (Å²) in [6.07, 6.45) is 0.224. The molecule has 0 aromatic heterocycles. The van der Waals surface area contributed by atoms with Gasteiger partial charge in [-0.1, -0.05) is 0 Å². The van der Waals surface area contributed by atoms with Gasteiger partial charge in [0.1, 0.15) is 17.7 Å². The van der Waals surface area contributed by atoms with Crippen LogP contribution in [-0.4, -0.2) is 41.8 Å². The summed E-state index contributed by atoms with van der Waals surface area (Å²) >= 11 is 0. The number of likely N-dealkylation sites (tertiary alicyclic amines) is 1. The van der Waals surface area contributed by atoms with Crippen LogP contribution in [0, 0.1) is 11.3 Å². The van der Waals surface area contributed by atoms with Gasteiger partial charge in [-0.2, -0.15) is 5.26 Å². The third-order valence-corrected chi connectivity index (χ3v) is 2.61. The SMILES string of the molecule is COC(=O)[C@H]1CCC(C#N)N1C(=O)OC(C)(C)C. The van der Waals surface area contributed by atoms with E-state index in [-0.39, 0.29) is 0 Å². The number of hydrogen-bond acceptors (Lipinski definition) is 5. The number of hydrogen-bond donors (Lipinski definition) is 0. The first-order valence-corrected chi connectivity index (χ1v) is 5.79. The van der Waals surface area contributed by atoms with Crippen molar-refractivity contribution in [2.24, 2.45) is 0 Å². The first-order chi connectivity index (χ1) is 8.30. The molecule has 0 aromatic rings. The lowest BCUT2D eigenvalue weighted by Crippen LogP contribution is -2.47. The van der Waals surface area contributed by atoms with E-state index >= 15 is 0 Å². The lowest BCUT2D eigenvalue weighted by Gasteiger charge is -2.29. The van der Waals surface area contributed by atoms with Gasteiger partial charge in [-0.05, 0) is 33.6 Å². The highest BCUT2D eigenvalue weighted by Crippen LogP contribution is 2.26. The maximum absolute atomic E-state index is 12.0. The van der Waals surface area contributed by atoms with Crippen molar-refractivity contribution in [3.63, 3.8) is 0 Å². The summed E-state index contributed by atoms with van der Waals surface area (Å²) in [7, 11) is 1.26. The molecule has 6 heteroatoms. The number of ether oxygens (including phenoxy) is 2.